The van der Waals surface area contributed by atoms with Crippen LogP contribution in [0.2, 0.25) is 0 Å². The van der Waals surface area contributed by atoms with Gasteiger partial charge in [0.05, 0.1) is 17.9 Å². The number of fused-ring (bicyclic) bond motifs is 3. The van der Waals surface area contributed by atoms with Crippen LogP contribution in [0.5, 0.6) is 0 Å². The summed E-state index contributed by atoms with van der Waals surface area (Å²) in [6.45, 7) is 2.92. The fourth-order valence-electron chi connectivity index (χ4n) is 4.14. The molecule has 1 aliphatic rings. The minimum absolute atomic E-state index is 0.310. The molecular formula is C25H19N5O2. The molecule has 3 aromatic heterocycles. The van der Waals surface area contributed by atoms with E-state index in [1.165, 1.54) is 0 Å². The van der Waals surface area contributed by atoms with E-state index in [2.05, 4.69) is 28.3 Å². The summed E-state index contributed by atoms with van der Waals surface area (Å²) in [5, 5.41) is 5.50. The average molecular weight is 421 g/mol. The molecule has 0 aliphatic carbocycles. The van der Waals surface area contributed by atoms with Gasteiger partial charge in [-0.05, 0) is 30.7 Å². The number of amides is 1. The summed E-state index contributed by atoms with van der Waals surface area (Å²) < 4.78 is 6.85. The van der Waals surface area contributed by atoms with Gasteiger partial charge in [-0.1, -0.05) is 42.5 Å². The van der Waals surface area contributed by atoms with E-state index < -0.39 is 0 Å². The molecule has 7 heteroatoms. The molecule has 32 heavy (non-hydrogen) atoms. The van der Waals surface area contributed by atoms with Gasteiger partial charge < -0.3 is 4.74 Å². The molecule has 2 aromatic carbocycles. The lowest BCUT2D eigenvalue weighted by molar-refractivity contribution is 0.181. The number of nitrogens with zero attached hydrogens (tertiary/aromatic N) is 5. The standard InChI is InChI=1S/C25H19N5O2/c1-16-13-22-26-15-19-14-21(17-5-3-2-4-6-17)23(27-24(19)30(22)28-16)18-7-9-20(10-8-18)29-11-12-32-25(29)31/h2-10,13-15H,11-12H2,1H3. The molecule has 0 bridgehead atoms. The van der Waals surface area contributed by atoms with Crippen LogP contribution in [0.1, 0.15) is 5.69 Å². The average Bonchev–Trinajstić information content (AvgIpc) is 3.43. The molecule has 0 spiro atoms. The Balaban J connectivity index is 1.56. The fourth-order valence-corrected chi connectivity index (χ4v) is 4.14. The number of aromatic nitrogens is 4. The van der Waals surface area contributed by atoms with Gasteiger partial charge in [0, 0.05) is 34.5 Å². The zero-order valence-electron chi connectivity index (χ0n) is 17.4. The molecule has 0 saturated carbocycles. The van der Waals surface area contributed by atoms with Gasteiger partial charge in [0.15, 0.2) is 11.3 Å². The number of cyclic esters (lactones) is 1. The van der Waals surface area contributed by atoms with E-state index in [0.717, 1.165) is 50.4 Å². The second kappa shape index (κ2) is 7.16. The van der Waals surface area contributed by atoms with Crippen molar-refractivity contribution in [3.05, 3.63) is 78.6 Å². The van der Waals surface area contributed by atoms with Gasteiger partial charge >= 0.3 is 6.09 Å². The molecule has 5 aromatic rings. The van der Waals surface area contributed by atoms with Crippen molar-refractivity contribution >= 4 is 28.5 Å². The van der Waals surface area contributed by atoms with Gasteiger partial charge in [-0.15, -0.1) is 0 Å². The quantitative estimate of drug-likeness (QED) is 0.415. The highest BCUT2D eigenvalue weighted by Crippen LogP contribution is 2.34. The number of rotatable bonds is 3. The molecule has 156 valence electrons. The predicted molar refractivity (Wildman–Crippen MR) is 123 cm³/mol. The third-order valence-electron chi connectivity index (χ3n) is 5.68. The Morgan fingerprint density at radius 3 is 2.53 bits per heavy atom. The highest BCUT2D eigenvalue weighted by Gasteiger charge is 2.23. The Kier molecular flexibility index (Phi) is 4.14. The number of hydrogen-bond acceptors (Lipinski definition) is 5. The normalized spacial score (nSPS) is 13.8. The molecule has 7 nitrogen and oxygen atoms in total. The number of carbonyl (C=O) groups is 1. The van der Waals surface area contributed by atoms with Crippen LogP contribution in [0.15, 0.2) is 72.9 Å². The van der Waals surface area contributed by atoms with E-state index in [9.17, 15) is 4.79 Å². The number of aryl methyl sites for hydroxylation is 1. The Morgan fingerprint density at radius 1 is 0.969 bits per heavy atom. The maximum absolute atomic E-state index is 11.9. The van der Waals surface area contributed by atoms with Crippen LogP contribution in [-0.2, 0) is 4.74 Å². The Labute approximate surface area is 183 Å². The van der Waals surface area contributed by atoms with E-state index in [0.29, 0.717) is 13.2 Å². The van der Waals surface area contributed by atoms with Crippen molar-refractivity contribution in [3.8, 4) is 22.4 Å². The van der Waals surface area contributed by atoms with E-state index in [4.69, 9.17) is 9.72 Å². The Hall–Kier alpha value is -4.26. The first-order valence-corrected chi connectivity index (χ1v) is 10.4. The smallest absolute Gasteiger partial charge is 0.414 e. The number of ether oxygens (including phenoxy) is 1. The van der Waals surface area contributed by atoms with Crippen molar-refractivity contribution in [3.63, 3.8) is 0 Å². The first-order chi connectivity index (χ1) is 15.7. The van der Waals surface area contributed by atoms with Crippen molar-refractivity contribution < 1.29 is 9.53 Å². The zero-order valence-corrected chi connectivity index (χ0v) is 17.4. The minimum Gasteiger partial charge on any atom is -0.447 e. The van der Waals surface area contributed by atoms with E-state index in [1.807, 2.05) is 61.7 Å². The van der Waals surface area contributed by atoms with E-state index in [1.54, 1.807) is 9.42 Å². The second-order valence-electron chi connectivity index (χ2n) is 7.79. The summed E-state index contributed by atoms with van der Waals surface area (Å²) in [6, 6.07) is 22.1. The first kappa shape index (κ1) is 18.5. The Morgan fingerprint density at radius 2 is 1.78 bits per heavy atom. The number of hydrogen-bond donors (Lipinski definition) is 0. The molecule has 6 rings (SSSR count). The number of anilines is 1. The molecule has 0 unspecified atom stereocenters. The zero-order chi connectivity index (χ0) is 21.7. The topological polar surface area (TPSA) is 72.6 Å². The van der Waals surface area contributed by atoms with Crippen LogP contribution in [0.25, 0.3) is 39.1 Å². The van der Waals surface area contributed by atoms with Gasteiger partial charge in [-0.3, -0.25) is 4.90 Å². The van der Waals surface area contributed by atoms with Crippen LogP contribution in [0.4, 0.5) is 10.5 Å². The summed E-state index contributed by atoms with van der Waals surface area (Å²) in [5.74, 6) is 0. The van der Waals surface area contributed by atoms with Gasteiger partial charge in [-0.25, -0.2) is 14.8 Å². The van der Waals surface area contributed by atoms with Gasteiger partial charge in [0.2, 0.25) is 0 Å². The maximum atomic E-state index is 11.9. The number of benzene rings is 2. The number of carbonyl (C=O) groups excluding carboxylic acids is 1. The molecule has 1 amide bonds. The molecule has 0 atom stereocenters. The van der Waals surface area contributed by atoms with Gasteiger partial charge in [-0.2, -0.15) is 9.61 Å². The van der Waals surface area contributed by atoms with Gasteiger partial charge in [0.1, 0.15) is 6.61 Å². The summed E-state index contributed by atoms with van der Waals surface area (Å²) in [4.78, 5) is 23.2. The lowest BCUT2D eigenvalue weighted by Crippen LogP contribution is -2.23. The van der Waals surface area contributed by atoms with Gasteiger partial charge in [0.25, 0.3) is 0 Å². The minimum atomic E-state index is -0.310. The predicted octanol–water partition coefficient (Wildman–Crippen LogP) is 4.88. The number of pyridine rings is 1. The molecule has 1 aliphatic heterocycles. The molecule has 4 heterocycles. The summed E-state index contributed by atoms with van der Waals surface area (Å²) in [5.41, 5.74) is 7.11. The lowest BCUT2D eigenvalue weighted by Gasteiger charge is -2.15. The van der Waals surface area contributed by atoms with Crippen LogP contribution >= 0.6 is 0 Å². The third-order valence-corrected chi connectivity index (χ3v) is 5.68. The van der Waals surface area contributed by atoms with Crippen LogP contribution in [0, 0.1) is 6.92 Å². The molecule has 0 radical (unpaired) electrons. The molecular weight excluding hydrogens is 402 g/mol. The van der Waals surface area contributed by atoms with Crippen molar-refractivity contribution in [2.45, 2.75) is 6.92 Å². The highest BCUT2D eigenvalue weighted by atomic mass is 16.6. The molecule has 1 fully saturated rings. The van der Waals surface area contributed by atoms with Crippen molar-refractivity contribution in [2.75, 3.05) is 18.1 Å². The van der Waals surface area contributed by atoms with Crippen molar-refractivity contribution in [2.24, 2.45) is 0 Å². The second-order valence-corrected chi connectivity index (χ2v) is 7.79. The molecule has 1 saturated heterocycles. The van der Waals surface area contributed by atoms with Crippen molar-refractivity contribution in [1.82, 2.24) is 19.6 Å². The highest BCUT2D eigenvalue weighted by molar-refractivity contribution is 5.92. The lowest BCUT2D eigenvalue weighted by atomic mass is 9.98. The van der Waals surface area contributed by atoms with Crippen LogP contribution in [0.3, 0.4) is 0 Å². The monoisotopic (exact) mass is 421 g/mol. The summed E-state index contributed by atoms with van der Waals surface area (Å²) in [7, 11) is 0. The Bertz CT molecular complexity index is 1480. The van der Waals surface area contributed by atoms with Crippen LogP contribution < -0.4 is 4.90 Å². The summed E-state index contributed by atoms with van der Waals surface area (Å²) in [6.07, 6.45) is 1.53. The van der Waals surface area contributed by atoms with E-state index >= 15 is 0 Å². The SMILES string of the molecule is Cc1cc2ncc3cc(-c4ccccc4)c(-c4ccc(N5CCOC5=O)cc4)nc3n2n1. The third kappa shape index (κ3) is 2.98. The van der Waals surface area contributed by atoms with E-state index in [-0.39, 0.29) is 6.09 Å². The summed E-state index contributed by atoms with van der Waals surface area (Å²) >= 11 is 0. The fraction of sp³-hybridized carbons (Fsp3) is 0.120. The van der Waals surface area contributed by atoms with Crippen molar-refractivity contribution in [1.29, 1.82) is 0 Å². The van der Waals surface area contributed by atoms with Crippen LogP contribution in [-0.4, -0.2) is 38.8 Å². The first-order valence-electron chi connectivity index (χ1n) is 10.4. The molecule has 0 N–H and O–H groups in total. The maximum Gasteiger partial charge on any atom is 0.414 e. The largest absolute Gasteiger partial charge is 0.447 e.